The summed E-state index contributed by atoms with van der Waals surface area (Å²) in [4.78, 5) is 10.4. The van der Waals surface area contributed by atoms with Crippen LogP contribution in [0.2, 0.25) is 5.02 Å². The molecular weight excluding hydrogens is 552 g/mol. The molecule has 5 aromatic rings. The topological polar surface area (TPSA) is 132 Å². The van der Waals surface area contributed by atoms with Gasteiger partial charge < -0.3 is 0 Å². The van der Waals surface area contributed by atoms with Gasteiger partial charge in [0.2, 0.25) is 0 Å². The molecule has 12 heteroatoms. The standard InChI is InChI=1S/C28H21ClN6O4S/c29-22-11-13-23(14-12-22)33-40(38,39)27-17-25(35(36)37)15-16-26(27)31-30-18-21-19-34(24-9-5-2-6-10-24)32-28(21)20-7-3-1-4-8-20/h1-19,31,33H/b30-18-. The van der Waals surface area contributed by atoms with Gasteiger partial charge in [-0.3, -0.25) is 20.3 Å². The van der Waals surface area contributed by atoms with Gasteiger partial charge in [-0.1, -0.05) is 60.1 Å². The van der Waals surface area contributed by atoms with Gasteiger partial charge in [-0.25, -0.2) is 13.1 Å². The summed E-state index contributed by atoms with van der Waals surface area (Å²) in [6.45, 7) is 0. The Kier molecular flexibility index (Phi) is 7.58. The second-order valence-electron chi connectivity index (χ2n) is 8.50. The van der Waals surface area contributed by atoms with Gasteiger partial charge in [0.05, 0.1) is 22.5 Å². The molecule has 0 aliphatic heterocycles. The maximum Gasteiger partial charge on any atom is 0.270 e. The average molecular weight is 573 g/mol. The summed E-state index contributed by atoms with van der Waals surface area (Å²) in [5.41, 5.74) is 5.66. The summed E-state index contributed by atoms with van der Waals surface area (Å²) in [6.07, 6.45) is 3.32. The smallest absolute Gasteiger partial charge is 0.270 e. The molecule has 0 aliphatic carbocycles. The average Bonchev–Trinajstić information content (AvgIpc) is 3.39. The molecule has 0 amide bonds. The highest BCUT2D eigenvalue weighted by molar-refractivity contribution is 7.92. The number of halogens is 1. The first-order valence-corrected chi connectivity index (χ1v) is 13.7. The Morgan fingerprint density at radius 2 is 1.60 bits per heavy atom. The number of nitro benzene ring substituents is 1. The van der Waals surface area contributed by atoms with Gasteiger partial charge in [-0.15, -0.1) is 0 Å². The third-order valence-electron chi connectivity index (χ3n) is 5.76. The number of rotatable bonds is 9. The molecule has 0 spiro atoms. The molecule has 4 aromatic carbocycles. The van der Waals surface area contributed by atoms with Crippen LogP contribution in [0.3, 0.4) is 0 Å². The van der Waals surface area contributed by atoms with Crippen LogP contribution in [0.1, 0.15) is 5.56 Å². The van der Waals surface area contributed by atoms with Crippen molar-refractivity contribution in [1.82, 2.24) is 9.78 Å². The lowest BCUT2D eigenvalue weighted by atomic mass is 10.1. The second kappa shape index (κ2) is 11.4. The van der Waals surface area contributed by atoms with Gasteiger partial charge in [0, 0.05) is 40.2 Å². The molecule has 0 unspecified atom stereocenters. The van der Waals surface area contributed by atoms with E-state index in [0.717, 1.165) is 17.3 Å². The number of nitrogens with zero attached hydrogens (tertiary/aromatic N) is 4. The molecule has 0 saturated carbocycles. The van der Waals surface area contributed by atoms with E-state index in [1.165, 1.54) is 42.6 Å². The quantitative estimate of drug-likeness (QED) is 0.120. The number of hydrazone groups is 1. The van der Waals surface area contributed by atoms with E-state index in [-0.39, 0.29) is 22.0 Å². The van der Waals surface area contributed by atoms with Crippen molar-refractivity contribution >= 4 is 44.9 Å². The van der Waals surface area contributed by atoms with Gasteiger partial charge in [-0.05, 0) is 42.5 Å². The highest BCUT2D eigenvalue weighted by Crippen LogP contribution is 2.29. The molecule has 40 heavy (non-hydrogen) atoms. The molecular formula is C28H21ClN6O4S. The van der Waals surface area contributed by atoms with Crippen LogP contribution >= 0.6 is 11.6 Å². The molecule has 0 atom stereocenters. The maximum absolute atomic E-state index is 13.2. The number of hydrogen-bond acceptors (Lipinski definition) is 7. The van der Waals surface area contributed by atoms with Crippen LogP contribution in [0.4, 0.5) is 17.1 Å². The van der Waals surface area contributed by atoms with Crippen LogP contribution in [0.25, 0.3) is 16.9 Å². The monoisotopic (exact) mass is 572 g/mol. The van der Waals surface area contributed by atoms with Crippen LogP contribution in [-0.2, 0) is 10.0 Å². The SMILES string of the molecule is O=[N+]([O-])c1ccc(N/N=C\c2cn(-c3ccccc3)nc2-c2ccccc2)c(S(=O)(=O)Nc2ccc(Cl)cc2)c1. The molecule has 1 heterocycles. The minimum atomic E-state index is -4.24. The van der Waals surface area contributed by atoms with Gasteiger partial charge in [0.15, 0.2) is 0 Å². The van der Waals surface area contributed by atoms with Crippen LogP contribution in [0, 0.1) is 10.1 Å². The van der Waals surface area contributed by atoms with E-state index in [4.69, 9.17) is 16.7 Å². The first kappa shape index (κ1) is 26.6. The van der Waals surface area contributed by atoms with E-state index >= 15 is 0 Å². The number of hydrogen-bond donors (Lipinski definition) is 2. The Bertz CT molecular complexity index is 1790. The molecule has 0 radical (unpaired) electrons. The minimum absolute atomic E-state index is 0.0417. The molecule has 0 bridgehead atoms. The van der Waals surface area contributed by atoms with E-state index < -0.39 is 14.9 Å². The van der Waals surface area contributed by atoms with E-state index in [1.807, 2.05) is 60.7 Å². The highest BCUT2D eigenvalue weighted by Gasteiger charge is 2.23. The number of sulfonamides is 1. The van der Waals surface area contributed by atoms with Crippen molar-refractivity contribution in [3.8, 4) is 16.9 Å². The lowest BCUT2D eigenvalue weighted by Crippen LogP contribution is -2.15. The zero-order chi connectivity index (χ0) is 28.1. The fraction of sp³-hybridized carbons (Fsp3) is 0. The predicted octanol–water partition coefficient (Wildman–Crippen LogP) is 6.35. The first-order chi connectivity index (χ1) is 19.3. The third-order valence-corrected chi connectivity index (χ3v) is 7.43. The summed E-state index contributed by atoms with van der Waals surface area (Å²) < 4.78 is 30.6. The summed E-state index contributed by atoms with van der Waals surface area (Å²) in [5, 5.41) is 20.8. The molecule has 200 valence electrons. The zero-order valence-electron chi connectivity index (χ0n) is 20.7. The molecule has 10 nitrogen and oxygen atoms in total. The van der Waals surface area contributed by atoms with Crippen LogP contribution < -0.4 is 10.1 Å². The van der Waals surface area contributed by atoms with E-state index in [2.05, 4.69) is 15.2 Å². The van der Waals surface area contributed by atoms with E-state index in [1.54, 1.807) is 10.9 Å². The number of non-ortho nitro benzene ring substituents is 1. The Labute approximate surface area is 234 Å². The fourth-order valence-corrected chi connectivity index (χ4v) is 5.22. The largest absolute Gasteiger partial charge is 0.280 e. The maximum atomic E-state index is 13.2. The molecule has 5 rings (SSSR count). The van der Waals surface area contributed by atoms with Gasteiger partial charge in [0.1, 0.15) is 10.6 Å². The Balaban J connectivity index is 1.49. The van der Waals surface area contributed by atoms with Gasteiger partial charge in [-0.2, -0.15) is 10.2 Å². The number of nitrogens with one attached hydrogen (secondary N) is 2. The van der Waals surface area contributed by atoms with E-state index in [9.17, 15) is 18.5 Å². The van der Waals surface area contributed by atoms with Crippen LogP contribution in [0.15, 0.2) is 119 Å². The van der Waals surface area contributed by atoms with Crippen molar-refractivity contribution in [3.63, 3.8) is 0 Å². The summed E-state index contributed by atoms with van der Waals surface area (Å²) in [5.74, 6) is 0. The third kappa shape index (κ3) is 6.01. The lowest BCUT2D eigenvalue weighted by molar-refractivity contribution is -0.385. The van der Waals surface area contributed by atoms with Gasteiger partial charge in [0.25, 0.3) is 15.7 Å². The van der Waals surface area contributed by atoms with Crippen molar-refractivity contribution in [2.45, 2.75) is 4.90 Å². The first-order valence-electron chi connectivity index (χ1n) is 11.9. The Morgan fingerprint density at radius 1 is 0.925 bits per heavy atom. The van der Waals surface area contributed by atoms with Crippen molar-refractivity contribution < 1.29 is 13.3 Å². The van der Waals surface area contributed by atoms with Crippen molar-refractivity contribution in [1.29, 1.82) is 0 Å². The number of nitro groups is 1. The van der Waals surface area contributed by atoms with Crippen molar-refractivity contribution in [2.24, 2.45) is 5.10 Å². The second-order valence-corrected chi connectivity index (χ2v) is 10.6. The van der Waals surface area contributed by atoms with Crippen LogP contribution in [0.5, 0.6) is 0 Å². The predicted molar refractivity (Wildman–Crippen MR) is 156 cm³/mol. The summed E-state index contributed by atoms with van der Waals surface area (Å²) in [6, 6.07) is 28.6. The molecule has 0 fully saturated rings. The number of anilines is 2. The van der Waals surface area contributed by atoms with Crippen LogP contribution in [-0.4, -0.2) is 29.3 Å². The Morgan fingerprint density at radius 3 is 2.27 bits per heavy atom. The number of para-hydroxylation sites is 1. The molecule has 0 saturated heterocycles. The highest BCUT2D eigenvalue weighted by atomic mass is 35.5. The number of benzene rings is 4. The Hall–Kier alpha value is -5.00. The molecule has 2 N–H and O–H groups in total. The number of aromatic nitrogens is 2. The van der Waals surface area contributed by atoms with Crippen molar-refractivity contribution in [3.05, 3.63) is 130 Å². The van der Waals surface area contributed by atoms with Gasteiger partial charge >= 0.3 is 0 Å². The minimum Gasteiger partial charge on any atom is -0.280 e. The normalized spacial score (nSPS) is 11.4. The summed E-state index contributed by atoms with van der Waals surface area (Å²) in [7, 11) is -4.24. The van der Waals surface area contributed by atoms with E-state index in [0.29, 0.717) is 16.3 Å². The molecule has 1 aromatic heterocycles. The summed E-state index contributed by atoms with van der Waals surface area (Å²) >= 11 is 5.89. The fourth-order valence-electron chi connectivity index (χ4n) is 3.85. The van der Waals surface area contributed by atoms with Crippen molar-refractivity contribution in [2.75, 3.05) is 10.1 Å². The zero-order valence-corrected chi connectivity index (χ0v) is 22.3. The lowest BCUT2D eigenvalue weighted by Gasteiger charge is -2.12. The molecule has 0 aliphatic rings.